The van der Waals surface area contributed by atoms with Crippen LogP contribution in [0.2, 0.25) is 0 Å². The van der Waals surface area contributed by atoms with Crippen molar-refractivity contribution in [2.45, 2.75) is 65.1 Å². The molecule has 21 heavy (non-hydrogen) atoms. The van der Waals surface area contributed by atoms with Gasteiger partial charge in [-0.2, -0.15) is 13.2 Å². The first-order valence-electron chi connectivity index (χ1n) is 8.12. The Bertz CT molecular complexity index is 295. The molecule has 2 nitrogen and oxygen atoms in total. The lowest BCUT2D eigenvalue weighted by Crippen LogP contribution is -2.58. The molecule has 2 N–H and O–H groups in total. The molecule has 1 saturated carbocycles. The van der Waals surface area contributed by atoms with E-state index in [9.17, 15) is 13.2 Å². The molecule has 0 aromatic rings. The third-order valence-corrected chi connectivity index (χ3v) is 4.60. The lowest BCUT2D eigenvalue weighted by molar-refractivity contribution is -0.188. The fourth-order valence-electron chi connectivity index (χ4n) is 3.48. The van der Waals surface area contributed by atoms with Crippen molar-refractivity contribution in [3.05, 3.63) is 0 Å². The van der Waals surface area contributed by atoms with E-state index in [1.807, 2.05) is 0 Å². The minimum Gasteiger partial charge on any atom is -0.329 e. The van der Waals surface area contributed by atoms with Crippen molar-refractivity contribution in [3.63, 3.8) is 0 Å². The highest BCUT2D eigenvalue weighted by atomic mass is 19.4. The molecule has 0 heterocycles. The Hall–Kier alpha value is -0.290. The fraction of sp³-hybridized carbons (Fsp3) is 1.00. The third kappa shape index (κ3) is 5.13. The fourth-order valence-corrected chi connectivity index (χ4v) is 3.48. The van der Waals surface area contributed by atoms with Gasteiger partial charge in [0.15, 0.2) is 0 Å². The molecule has 5 heteroatoms. The number of rotatable bonds is 6. The minimum atomic E-state index is -4.05. The second kappa shape index (κ2) is 7.32. The van der Waals surface area contributed by atoms with E-state index in [1.165, 1.54) is 0 Å². The second-order valence-corrected chi connectivity index (χ2v) is 7.44. The van der Waals surface area contributed by atoms with Gasteiger partial charge in [-0.3, -0.25) is 4.90 Å². The van der Waals surface area contributed by atoms with Gasteiger partial charge in [0.2, 0.25) is 0 Å². The molecule has 1 aliphatic carbocycles. The van der Waals surface area contributed by atoms with E-state index in [0.29, 0.717) is 31.2 Å². The van der Waals surface area contributed by atoms with Gasteiger partial charge in [-0.1, -0.05) is 27.7 Å². The average Bonchev–Trinajstić information content (AvgIpc) is 2.36. The summed E-state index contributed by atoms with van der Waals surface area (Å²) < 4.78 is 38.6. The first-order valence-corrected chi connectivity index (χ1v) is 8.12. The van der Waals surface area contributed by atoms with Crippen LogP contribution in [-0.4, -0.2) is 36.2 Å². The van der Waals surface area contributed by atoms with Crippen molar-refractivity contribution < 1.29 is 13.2 Å². The van der Waals surface area contributed by atoms with E-state index < -0.39 is 12.1 Å². The van der Waals surface area contributed by atoms with Crippen molar-refractivity contribution in [1.82, 2.24) is 4.90 Å². The van der Waals surface area contributed by atoms with E-state index in [2.05, 4.69) is 32.6 Å². The Morgan fingerprint density at radius 2 is 1.48 bits per heavy atom. The summed E-state index contributed by atoms with van der Waals surface area (Å²) in [5.74, 6) is -0.155. The molecule has 0 aromatic carbocycles. The SMILES string of the molecule is CC(C)CN(CC(C)C)C1(CN)CCC(C(F)(F)F)CC1. The molecule has 0 aliphatic heterocycles. The van der Waals surface area contributed by atoms with Crippen LogP contribution in [0, 0.1) is 17.8 Å². The van der Waals surface area contributed by atoms with Gasteiger partial charge in [0.25, 0.3) is 0 Å². The van der Waals surface area contributed by atoms with Gasteiger partial charge in [-0.05, 0) is 37.5 Å². The molecule has 1 rings (SSSR count). The van der Waals surface area contributed by atoms with E-state index in [1.54, 1.807) is 0 Å². The van der Waals surface area contributed by atoms with Gasteiger partial charge in [-0.15, -0.1) is 0 Å². The van der Waals surface area contributed by atoms with Crippen LogP contribution in [0.25, 0.3) is 0 Å². The number of nitrogens with zero attached hydrogens (tertiary/aromatic N) is 1. The highest BCUT2D eigenvalue weighted by Gasteiger charge is 2.47. The number of halogens is 3. The molecule has 0 unspecified atom stereocenters. The van der Waals surface area contributed by atoms with Gasteiger partial charge in [0.05, 0.1) is 5.92 Å². The quantitative estimate of drug-likeness (QED) is 0.802. The number of nitrogens with two attached hydrogens (primary N) is 1. The summed E-state index contributed by atoms with van der Waals surface area (Å²) in [6.07, 6.45) is -2.50. The van der Waals surface area contributed by atoms with Gasteiger partial charge in [-0.25, -0.2) is 0 Å². The molecule has 0 aromatic heterocycles. The zero-order valence-electron chi connectivity index (χ0n) is 13.8. The van der Waals surface area contributed by atoms with E-state index in [-0.39, 0.29) is 18.4 Å². The summed E-state index contributed by atoms with van der Waals surface area (Å²) in [5.41, 5.74) is 5.78. The monoisotopic (exact) mass is 308 g/mol. The Balaban J connectivity index is 2.82. The zero-order chi connectivity index (χ0) is 16.3. The van der Waals surface area contributed by atoms with Crippen LogP contribution < -0.4 is 5.73 Å². The molecule has 0 radical (unpaired) electrons. The highest BCUT2D eigenvalue weighted by Crippen LogP contribution is 2.43. The standard InChI is InChI=1S/C16H31F3N2/c1-12(2)9-21(10-13(3)4)15(11-20)7-5-14(6-8-15)16(17,18)19/h12-14H,5-11,20H2,1-4H3. The summed E-state index contributed by atoms with van der Waals surface area (Å²) in [6, 6.07) is 0. The molecule has 0 saturated heterocycles. The van der Waals surface area contributed by atoms with Crippen LogP contribution in [0.4, 0.5) is 13.2 Å². The van der Waals surface area contributed by atoms with E-state index in [0.717, 1.165) is 13.1 Å². The summed E-state index contributed by atoms with van der Waals surface area (Å²) in [6.45, 7) is 10.9. The van der Waals surface area contributed by atoms with Crippen LogP contribution in [0.15, 0.2) is 0 Å². The predicted molar refractivity (Wildman–Crippen MR) is 81.0 cm³/mol. The number of alkyl halides is 3. The van der Waals surface area contributed by atoms with Crippen LogP contribution in [-0.2, 0) is 0 Å². The molecule has 126 valence electrons. The zero-order valence-corrected chi connectivity index (χ0v) is 13.8. The maximum absolute atomic E-state index is 12.9. The normalized spacial score (nSPS) is 27.9. The Labute approximate surface area is 127 Å². The Morgan fingerprint density at radius 3 is 1.76 bits per heavy atom. The van der Waals surface area contributed by atoms with Gasteiger partial charge in [0.1, 0.15) is 0 Å². The van der Waals surface area contributed by atoms with Crippen molar-refractivity contribution in [2.24, 2.45) is 23.5 Å². The molecule has 1 fully saturated rings. The summed E-state index contributed by atoms with van der Waals surface area (Å²) in [5, 5.41) is 0. The highest BCUT2D eigenvalue weighted by molar-refractivity contribution is 4.97. The molecule has 0 amide bonds. The lowest BCUT2D eigenvalue weighted by atomic mass is 9.74. The Kier molecular flexibility index (Phi) is 6.54. The van der Waals surface area contributed by atoms with E-state index >= 15 is 0 Å². The van der Waals surface area contributed by atoms with Crippen molar-refractivity contribution >= 4 is 0 Å². The summed E-state index contributed by atoms with van der Waals surface area (Å²) >= 11 is 0. The molecular weight excluding hydrogens is 277 g/mol. The van der Waals surface area contributed by atoms with Gasteiger partial charge >= 0.3 is 6.18 Å². The maximum atomic E-state index is 12.9. The molecule has 1 aliphatic rings. The summed E-state index contributed by atoms with van der Waals surface area (Å²) in [4.78, 5) is 2.37. The van der Waals surface area contributed by atoms with Crippen molar-refractivity contribution in [1.29, 1.82) is 0 Å². The third-order valence-electron chi connectivity index (χ3n) is 4.60. The lowest BCUT2D eigenvalue weighted by Gasteiger charge is -2.49. The maximum Gasteiger partial charge on any atom is 0.391 e. The average molecular weight is 308 g/mol. The van der Waals surface area contributed by atoms with Crippen molar-refractivity contribution in [2.75, 3.05) is 19.6 Å². The number of hydrogen-bond acceptors (Lipinski definition) is 2. The van der Waals surface area contributed by atoms with E-state index in [4.69, 9.17) is 5.73 Å². The van der Waals surface area contributed by atoms with Crippen molar-refractivity contribution in [3.8, 4) is 0 Å². The molecule has 0 bridgehead atoms. The largest absolute Gasteiger partial charge is 0.391 e. The molecular formula is C16H31F3N2. The first kappa shape index (κ1) is 18.8. The smallest absolute Gasteiger partial charge is 0.329 e. The van der Waals surface area contributed by atoms with Gasteiger partial charge < -0.3 is 5.73 Å². The van der Waals surface area contributed by atoms with Crippen LogP contribution in [0.5, 0.6) is 0 Å². The summed E-state index contributed by atoms with van der Waals surface area (Å²) in [7, 11) is 0. The van der Waals surface area contributed by atoms with Gasteiger partial charge in [0, 0.05) is 25.2 Å². The molecule has 0 spiro atoms. The van der Waals surface area contributed by atoms with Crippen LogP contribution in [0.1, 0.15) is 53.4 Å². The Morgan fingerprint density at radius 1 is 1.05 bits per heavy atom. The minimum absolute atomic E-state index is 0.216. The topological polar surface area (TPSA) is 29.3 Å². The first-order chi connectivity index (χ1) is 9.60. The van der Waals surface area contributed by atoms with Crippen LogP contribution in [0.3, 0.4) is 0 Å². The molecule has 0 atom stereocenters. The number of hydrogen-bond donors (Lipinski definition) is 1. The predicted octanol–water partition coefficient (Wildman–Crippen LogP) is 4.05. The van der Waals surface area contributed by atoms with Crippen LogP contribution >= 0.6 is 0 Å². The second-order valence-electron chi connectivity index (χ2n) is 7.44.